The van der Waals surface area contributed by atoms with Crippen molar-refractivity contribution in [3.8, 4) is 0 Å². The molecule has 23 heavy (non-hydrogen) atoms. The summed E-state index contributed by atoms with van der Waals surface area (Å²) >= 11 is 0. The largest absolute Gasteiger partial charge is 0.321 e. The molecule has 0 bridgehead atoms. The van der Waals surface area contributed by atoms with Crippen LogP contribution in [0.4, 0.5) is 31.5 Å². The van der Waals surface area contributed by atoms with E-state index in [2.05, 4.69) is 9.88 Å². The summed E-state index contributed by atoms with van der Waals surface area (Å²) < 4.78 is 27.2. The minimum absolute atomic E-state index is 0.261. The van der Waals surface area contributed by atoms with Gasteiger partial charge in [-0.3, -0.25) is 0 Å². The zero-order valence-corrected chi connectivity index (χ0v) is 12.2. The first-order valence-electron chi connectivity index (χ1n) is 7.25. The van der Waals surface area contributed by atoms with Crippen molar-refractivity contribution in [2.45, 2.75) is 0 Å². The summed E-state index contributed by atoms with van der Waals surface area (Å²) in [5, 5.41) is 0. The fourth-order valence-electron chi connectivity index (χ4n) is 2.86. The van der Waals surface area contributed by atoms with Gasteiger partial charge in [0, 0.05) is 5.69 Å². The number of pyridine rings is 1. The van der Waals surface area contributed by atoms with Crippen LogP contribution in [0.3, 0.4) is 0 Å². The molecular weight excluding hydrogens is 296 g/mol. The van der Waals surface area contributed by atoms with E-state index in [-0.39, 0.29) is 5.69 Å². The molecule has 0 unspecified atom stereocenters. The van der Waals surface area contributed by atoms with Crippen LogP contribution < -0.4 is 9.80 Å². The highest BCUT2D eigenvalue weighted by Gasteiger charge is 2.29. The highest BCUT2D eigenvalue weighted by Crippen LogP contribution is 2.44. The Kier molecular flexibility index (Phi) is 3.19. The monoisotopic (exact) mass is 309 g/mol. The van der Waals surface area contributed by atoms with Crippen molar-refractivity contribution in [2.24, 2.45) is 0 Å². The number of benzene rings is 2. The molecule has 0 saturated heterocycles. The molecule has 1 aromatic heterocycles. The minimum Gasteiger partial charge on any atom is -0.321 e. The average Bonchev–Trinajstić information content (AvgIpc) is 2.95. The fourth-order valence-corrected chi connectivity index (χ4v) is 2.86. The van der Waals surface area contributed by atoms with Gasteiger partial charge in [-0.25, -0.2) is 0 Å². The Morgan fingerprint density at radius 1 is 0.696 bits per heavy atom. The zero-order chi connectivity index (χ0) is 15.8. The van der Waals surface area contributed by atoms with Crippen LogP contribution >= 0.6 is 0 Å². The highest BCUT2D eigenvalue weighted by molar-refractivity contribution is 5.86. The quantitative estimate of drug-likeness (QED) is 0.645. The van der Waals surface area contributed by atoms with Crippen LogP contribution in [0.25, 0.3) is 0 Å². The molecule has 5 heteroatoms. The van der Waals surface area contributed by atoms with E-state index in [0.717, 1.165) is 17.1 Å². The number of aromatic nitrogens is 1. The lowest BCUT2D eigenvalue weighted by molar-refractivity contribution is 0.513. The molecule has 0 aliphatic carbocycles. The van der Waals surface area contributed by atoms with Crippen molar-refractivity contribution in [2.75, 3.05) is 16.5 Å². The van der Waals surface area contributed by atoms with Gasteiger partial charge in [0.05, 0.1) is 17.1 Å². The van der Waals surface area contributed by atoms with Crippen LogP contribution in [0.2, 0.25) is 0 Å². The Morgan fingerprint density at radius 3 is 2.04 bits per heavy atom. The lowest BCUT2D eigenvalue weighted by Gasteiger charge is -2.22. The molecule has 0 fully saturated rings. The molecule has 0 spiro atoms. The van der Waals surface area contributed by atoms with Gasteiger partial charge in [-0.1, -0.05) is 30.3 Å². The maximum absolute atomic E-state index is 14.1. The summed E-state index contributed by atoms with van der Waals surface area (Å²) in [6, 6.07) is 20.2. The van der Waals surface area contributed by atoms with Crippen molar-refractivity contribution < 1.29 is 8.78 Å². The van der Waals surface area contributed by atoms with Crippen LogP contribution in [0.1, 0.15) is 0 Å². The molecule has 4 rings (SSSR count). The number of hydrogen-bond donors (Lipinski definition) is 0. The Labute approximate surface area is 132 Å². The Bertz CT molecular complexity index is 852. The van der Waals surface area contributed by atoms with E-state index in [0.29, 0.717) is 6.67 Å². The van der Waals surface area contributed by atoms with E-state index in [1.54, 1.807) is 4.90 Å². The predicted octanol–water partition coefficient (Wildman–Crippen LogP) is 4.61. The van der Waals surface area contributed by atoms with Crippen molar-refractivity contribution in [3.05, 3.63) is 78.6 Å². The van der Waals surface area contributed by atoms with Gasteiger partial charge in [0.1, 0.15) is 6.67 Å². The Balaban J connectivity index is 1.82. The summed E-state index contributed by atoms with van der Waals surface area (Å²) in [7, 11) is 0. The van der Waals surface area contributed by atoms with E-state index < -0.39 is 11.9 Å². The molecule has 0 radical (unpaired) electrons. The van der Waals surface area contributed by atoms with Crippen molar-refractivity contribution in [1.29, 1.82) is 0 Å². The molecule has 3 nitrogen and oxygen atoms in total. The van der Waals surface area contributed by atoms with Crippen LogP contribution in [0, 0.1) is 11.9 Å². The third-order valence-corrected chi connectivity index (χ3v) is 3.90. The second-order valence-corrected chi connectivity index (χ2v) is 5.27. The molecule has 0 N–H and O–H groups in total. The molecule has 0 atom stereocenters. The van der Waals surface area contributed by atoms with Gasteiger partial charge in [0.15, 0.2) is 0 Å². The second kappa shape index (κ2) is 5.35. The topological polar surface area (TPSA) is 19.4 Å². The van der Waals surface area contributed by atoms with Crippen molar-refractivity contribution in [3.63, 3.8) is 0 Å². The molecule has 2 heterocycles. The van der Waals surface area contributed by atoms with Crippen molar-refractivity contribution >= 4 is 22.7 Å². The maximum atomic E-state index is 14.1. The maximum Gasteiger partial charge on any atom is 0.239 e. The van der Waals surface area contributed by atoms with Crippen LogP contribution in [0.15, 0.2) is 66.7 Å². The smallest absolute Gasteiger partial charge is 0.239 e. The lowest BCUT2D eigenvalue weighted by Crippen LogP contribution is -2.24. The van der Waals surface area contributed by atoms with E-state index >= 15 is 0 Å². The van der Waals surface area contributed by atoms with Gasteiger partial charge in [-0.2, -0.15) is 13.8 Å². The van der Waals surface area contributed by atoms with E-state index in [1.807, 2.05) is 54.6 Å². The van der Waals surface area contributed by atoms with Crippen molar-refractivity contribution in [1.82, 2.24) is 4.98 Å². The van der Waals surface area contributed by atoms with E-state index in [9.17, 15) is 8.78 Å². The number of rotatable bonds is 2. The van der Waals surface area contributed by atoms with Gasteiger partial charge in [0.25, 0.3) is 0 Å². The Morgan fingerprint density at radius 2 is 1.35 bits per heavy atom. The summed E-state index contributed by atoms with van der Waals surface area (Å²) in [5.74, 6) is -1.63. The molecule has 0 amide bonds. The number of halogens is 2. The Hall–Kier alpha value is -2.95. The van der Waals surface area contributed by atoms with E-state index in [1.165, 1.54) is 12.1 Å². The van der Waals surface area contributed by atoms with Gasteiger partial charge in [-0.05, 0) is 36.4 Å². The molecule has 114 valence electrons. The van der Waals surface area contributed by atoms with Gasteiger partial charge < -0.3 is 9.80 Å². The molecule has 1 aliphatic rings. The molecule has 2 aromatic carbocycles. The van der Waals surface area contributed by atoms with Gasteiger partial charge in [0.2, 0.25) is 11.9 Å². The molecular formula is C18H13F2N3. The number of fused-ring (bicyclic) bond motifs is 1. The van der Waals surface area contributed by atoms with Crippen LogP contribution in [-0.4, -0.2) is 11.7 Å². The third-order valence-electron chi connectivity index (χ3n) is 3.90. The van der Waals surface area contributed by atoms with Gasteiger partial charge >= 0.3 is 0 Å². The zero-order valence-electron chi connectivity index (χ0n) is 12.2. The SMILES string of the molecule is Fc1ccc(N2CN(c3ccccc3)c3ccccc32)c(F)n1. The fraction of sp³-hybridized carbons (Fsp3) is 0.0556. The molecule has 0 saturated carbocycles. The lowest BCUT2D eigenvalue weighted by atomic mass is 10.2. The number of nitrogens with zero attached hydrogens (tertiary/aromatic N) is 3. The van der Waals surface area contributed by atoms with E-state index in [4.69, 9.17) is 0 Å². The summed E-state index contributed by atoms with van der Waals surface area (Å²) in [6.07, 6.45) is 0. The molecule has 1 aliphatic heterocycles. The second-order valence-electron chi connectivity index (χ2n) is 5.27. The predicted molar refractivity (Wildman–Crippen MR) is 86.2 cm³/mol. The number of para-hydroxylation sites is 3. The first-order chi connectivity index (χ1) is 11.2. The summed E-state index contributed by atoms with van der Waals surface area (Å²) in [6.45, 7) is 0.438. The first kappa shape index (κ1) is 13.7. The normalized spacial score (nSPS) is 13.3. The summed E-state index contributed by atoms with van der Waals surface area (Å²) in [5.41, 5.74) is 3.11. The minimum atomic E-state index is -0.821. The van der Waals surface area contributed by atoms with Gasteiger partial charge in [-0.15, -0.1) is 0 Å². The van der Waals surface area contributed by atoms with Crippen LogP contribution in [-0.2, 0) is 0 Å². The first-order valence-corrected chi connectivity index (χ1v) is 7.25. The summed E-state index contributed by atoms with van der Waals surface area (Å²) in [4.78, 5) is 7.17. The molecule has 3 aromatic rings. The average molecular weight is 309 g/mol. The highest BCUT2D eigenvalue weighted by atomic mass is 19.1. The van der Waals surface area contributed by atoms with Crippen LogP contribution in [0.5, 0.6) is 0 Å². The number of anilines is 4. The standard InChI is InChI=1S/C18H13F2N3/c19-17-11-10-16(18(20)21-17)23-12-22(13-6-2-1-3-7-13)14-8-4-5-9-15(14)23/h1-11H,12H2. The number of hydrogen-bond acceptors (Lipinski definition) is 3. The third kappa shape index (κ3) is 2.30.